The van der Waals surface area contributed by atoms with E-state index in [4.69, 9.17) is 10.5 Å². The first-order valence-corrected chi connectivity index (χ1v) is 10.0. The zero-order valence-electron chi connectivity index (χ0n) is 16.6. The van der Waals surface area contributed by atoms with E-state index in [0.717, 1.165) is 5.69 Å². The Labute approximate surface area is 170 Å². The van der Waals surface area contributed by atoms with E-state index < -0.39 is 0 Å². The molecule has 0 saturated carbocycles. The Hall–Kier alpha value is -3.12. The molecule has 1 aliphatic heterocycles. The summed E-state index contributed by atoms with van der Waals surface area (Å²) in [5, 5.41) is 4.56. The summed E-state index contributed by atoms with van der Waals surface area (Å²) in [4.78, 5) is 15.2. The highest BCUT2D eigenvalue weighted by atomic mass is 16.5. The van der Waals surface area contributed by atoms with Crippen LogP contribution in [0.25, 0.3) is 5.69 Å². The van der Waals surface area contributed by atoms with Gasteiger partial charge in [0.25, 0.3) is 5.91 Å². The van der Waals surface area contributed by atoms with Crippen molar-refractivity contribution in [3.05, 3.63) is 78.1 Å². The van der Waals surface area contributed by atoms with Crippen LogP contribution >= 0.6 is 0 Å². The smallest absolute Gasteiger partial charge is 0.278 e. The number of likely N-dealkylation sites (tertiary alicyclic amines) is 1. The van der Waals surface area contributed by atoms with E-state index in [-0.39, 0.29) is 17.7 Å². The minimum atomic E-state index is -0.111. The summed E-state index contributed by atoms with van der Waals surface area (Å²) >= 11 is 0. The highest BCUT2D eigenvalue weighted by Crippen LogP contribution is 2.33. The molecule has 0 spiro atoms. The second-order valence-corrected chi connectivity index (χ2v) is 7.28. The van der Waals surface area contributed by atoms with Crippen molar-refractivity contribution in [1.29, 1.82) is 0 Å². The van der Waals surface area contributed by atoms with E-state index in [1.54, 1.807) is 10.9 Å². The molecule has 1 aromatic heterocycles. The van der Waals surface area contributed by atoms with Crippen molar-refractivity contribution < 1.29 is 9.53 Å². The fraction of sp³-hybridized carbons (Fsp3) is 0.304. The predicted molar refractivity (Wildman–Crippen MR) is 112 cm³/mol. The summed E-state index contributed by atoms with van der Waals surface area (Å²) < 4.78 is 7.43. The average molecular weight is 390 g/mol. The van der Waals surface area contributed by atoms with Gasteiger partial charge in [0.15, 0.2) is 11.4 Å². The molecule has 0 radical (unpaired) electrons. The lowest BCUT2D eigenvalue weighted by Crippen LogP contribution is -2.30. The molecule has 3 aromatic rings. The molecule has 0 aliphatic carbocycles. The summed E-state index contributed by atoms with van der Waals surface area (Å²) in [6.45, 7) is 4.17. The molecular formula is C23H26N4O2. The van der Waals surface area contributed by atoms with Gasteiger partial charge in [-0.2, -0.15) is 5.10 Å². The monoisotopic (exact) mass is 390 g/mol. The number of para-hydroxylation sites is 1. The molecule has 2 heterocycles. The van der Waals surface area contributed by atoms with Crippen LogP contribution in [0.1, 0.15) is 28.9 Å². The zero-order valence-corrected chi connectivity index (χ0v) is 16.6. The number of carbonyl (C=O) groups excluding carboxylic acids is 1. The third-order valence-corrected chi connectivity index (χ3v) is 5.46. The van der Waals surface area contributed by atoms with Crippen LogP contribution in [0, 0.1) is 5.92 Å². The molecule has 0 unspecified atom stereocenters. The molecule has 2 N–H and O–H groups in total. The van der Waals surface area contributed by atoms with Gasteiger partial charge in [0.2, 0.25) is 0 Å². The van der Waals surface area contributed by atoms with Crippen LogP contribution in [0.5, 0.6) is 5.75 Å². The van der Waals surface area contributed by atoms with Gasteiger partial charge in [0.1, 0.15) is 0 Å². The number of aromatic nitrogens is 2. The van der Waals surface area contributed by atoms with Gasteiger partial charge in [-0.1, -0.05) is 48.5 Å². The second-order valence-electron chi connectivity index (χ2n) is 7.28. The predicted octanol–water partition coefficient (Wildman–Crippen LogP) is 3.09. The van der Waals surface area contributed by atoms with Gasteiger partial charge in [-0.05, 0) is 37.1 Å². The third kappa shape index (κ3) is 3.89. The number of nitrogens with zero attached hydrogens (tertiary/aromatic N) is 3. The first-order valence-electron chi connectivity index (χ1n) is 10.0. The Morgan fingerprint density at radius 3 is 2.45 bits per heavy atom. The summed E-state index contributed by atoms with van der Waals surface area (Å²) in [7, 11) is 0. The lowest BCUT2D eigenvalue weighted by atomic mass is 9.89. The number of benzene rings is 2. The largest absolute Gasteiger partial charge is 0.490 e. The molecule has 0 bridgehead atoms. The van der Waals surface area contributed by atoms with E-state index in [2.05, 4.69) is 17.2 Å². The van der Waals surface area contributed by atoms with Gasteiger partial charge in [-0.15, -0.1) is 0 Å². The minimum Gasteiger partial charge on any atom is -0.490 e. The van der Waals surface area contributed by atoms with Gasteiger partial charge in [0.05, 0.1) is 18.5 Å². The van der Waals surface area contributed by atoms with Crippen LogP contribution in [-0.2, 0) is 0 Å². The molecule has 2 aromatic carbocycles. The van der Waals surface area contributed by atoms with Crippen LogP contribution in [0.3, 0.4) is 0 Å². The number of carbonyl (C=O) groups is 1. The Balaban J connectivity index is 1.61. The molecule has 1 saturated heterocycles. The van der Waals surface area contributed by atoms with Crippen molar-refractivity contribution in [3.8, 4) is 11.4 Å². The Morgan fingerprint density at radius 1 is 1.10 bits per heavy atom. The molecular weight excluding hydrogens is 364 g/mol. The molecule has 6 nitrogen and oxygen atoms in total. The van der Waals surface area contributed by atoms with Crippen LogP contribution in [-0.4, -0.2) is 46.8 Å². The summed E-state index contributed by atoms with van der Waals surface area (Å²) in [6.07, 6.45) is 1.78. The van der Waals surface area contributed by atoms with Crippen molar-refractivity contribution in [2.45, 2.75) is 12.8 Å². The van der Waals surface area contributed by atoms with Crippen molar-refractivity contribution in [2.24, 2.45) is 11.7 Å². The molecule has 1 amide bonds. The maximum absolute atomic E-state index is 13.4. The van der Waals surface area contributed by atoms with Crippen LogP contribution < -0.4 is 10.5 Å². The average Bonchev–Trinajstić information content (AvgIpc) is 3.39. The number of rotatable bonds is 6. The Morgan fingerprint density at radius 2 is 1.79 bits per heavy atom. The number of hydrogen-bond donors (Lipinski definition) is 1. The van der Waals surface area contributed by atoms with E-state index in [1.807, 2.05) is 60.4 Å². The van der Waals surface area contributed by atoms with Gasteiger partial charge in [-0.3, -0.25) is 4.79 Å². The second kappa shape index (κ2) is 8.49. The van der Waals surface area contributed by atoms with Crippen molar-refractivity contribution in [3.63, 3.8) is 0 Å². The first kappa shape index (κ1) is 19.2. The SMILES string of the molecule is CCOc1cn(-c2ccccc2)nc1C(=O)N1C[C@@H](CN)[C@H](c2ccccc2)C1. The number of amides is 1. The Kier molecular flexibility index (Phi) is 5.62. The van der Waals surface area contributed by atoms with E-state index in [9.17, 15) is 4.79 Å². The maximum atomic E-state index is 13.4. The van der Waals surface area contributed by atoms with Crippen LogP contribution in [0.2, 0.25) is 0 Å². The topological polar surface area (TPSA) is 73.4 Å². The molecule has 1 aliphatic rings. The summed E-state index contributed by atoms with van der Waals surface area (Å²) in [5.74, 6) is 0.860. The van der Waals surface area contributed by atoms with Gasteiger partial charge in [0, 0.05) is 19.0 Å². The van der Waals surface area contributed by atoms with Gasteiger partial charge < -0.3 is 15.4 Å². The van der Waals surface area contributed by atoms with Crippen molar-refractivity contribution in [2.75, 3.05) is 26.2 Å². The highest BCUT2D eigenvalue weighted by molar-refractivity contribution is 5.95. The van der Waals surface area contributed by atoms with E-state index in [1.165, 1.54) is 5.56 Å². The Bertz CT molecular complexity index is 956. The first-order chi connectivity index (χ1) is 14.2. The van der Waals surface area contributed by atoms with Gasteiger partial charge in [-0.25, -0.2) is 4.68 Å². The van der Waals surface area contributed by atoms with Crippen molar-refractivity contribution >= 4 is 5.91 Å². The number of hydrogen-bond acceptors (Lipinski definition) is 4. The van der Waals surface area contributed by atoms with E-state index in [0.29, 0.717) is 37.7 Å². The molecule has 1 fully saturated rings. The lowest BCUT2D eigenvalue weighted by Gasteiger charge is -2.16. The van der Waals surface area contributed by atoms with Gasteiger partial charge >= 0.3 is 0 Å². The maximum Gasteiger partial charge on any atom is 0.278 e. The molecule has 29 heavy (non-hydrogen) atoms. The summed E-state index contributed by atoms with van der Waals surface area (Å²) in [5.41, 5.74) is 8.49. The molecule has 150 valence electrons. The quantitative estimate of drug-likeness (QED) is 0.702. The normalized spacial score (nSPS) is 18.8. The number of ether oxygens (including phenoxy) is 1. The van der Waals surface area contributed by atoms with Crippen LogP contribution in [0.4, 0.5) is 0 Å². The molecule has 2 atom stereocenters. The zero-order chi connectivity index (χ0) is 20.2. The molecule has 6 heteroatoms. The fourth-order valence-corrected chi connectivity index (χ4v) is 3.98. The lowest BCUT2D eigenvalue weighted by molar-refractivity contribution is 0.0776. The number of nitrogens with two attached hydrogens (primary N) is 1. The highest BCUT2D eigenvalue weighted by Gasteiger charge is 2.37. The molecule has 4 rings (SSSR count). The van der Waals surface area contributed by atoms with E-state index >= 15 is 0 Å². The fourth-order valence-electron chi connectivity index (χ4n) is 3.98. The van der Waals surface area contributed by atoms with Crippen LogP contribution in [0.15, 0.2) is 66.9 Å². The standard InChI is InChI=1S/C23H26N4O2/c1-2-29-21-16-27(19-11-7-4-8-12-19)25-22(21)23(28)26-14-18(13-24)20(15-26)17-9-5-3-6-10-17/h3-12,16,18,20H,2,13-15,24H2,1H3/t18-,20+/m1/s1. The summed E-state index contributed by atoms with van der Waals surface area (Å²) in [6, 6.07) is 20.0. The minimum absolute atomic E-state index is 0.111. The van der Waals surface area contributed by atoms with Crippen molar-refractivity contribution in [1.82, 2.24) is 14.7 Å². The third-order valence-electron chi connectivity index (χ3n) is 5.46.